The summed E-state index contributed by atoms with van der Waals surface area (Å²) in [5.41, 5.74) is 6.03. The lowest BCUT2D eigenvalue weighted by molar-refractivity contribution is 1.25. The molecule has 23 heavy (non-hydrogen) atoms. The maximum absolute atomic E-state index is 2.25. The number of allylic oxidation sites excluding steroid dienone is 1. The van der Waals surface area contributed by atoms with Gasteiger partial charge in [0, 0.05) is 5.31 Å². The van der Waals surface area contributed by atoms with Gasteiger partial charge in [0.05, 0.1) is 5.66 Å². The summed E-state index contributed by atoms with van der Waals surface area (Å²) in [6.07, 6.45) is 0. The number of hydrogen-bond acceptors (Lipinski definition) is 0. The Labute approximate surface area is 140 Å². The average molecular weight is 330 g/mol. The van der Waals surface area contributed by atoms with Gasteiger partial charge in [0.2, 0.25) is 0 Å². The zero-order chi connectivity index (χ0) is 15.5. The van der Waals surface area contributed by atoms with Crippen LogP contribution in [-0.2, 0) is 0 Å². The standard InChI is InChI=1S/C21H16P2/c1-4-10-16(11-5-1)19-20(17-12-6-2-7-13-17)22-23-21(19)18-14-8-3-9-15-18/h1-15,20H. The van der Waals surface area contributed by atoms with Crippen molar-refractivity contribution in [1.82, 2.24) is 0 Å². The summed E-state index contributed by atoms with van der Waals surface area (Å²) in [5.74, 6) is 0. The summed E-state index contributed by atoms with van der Waals surface area (Å²) < 4.78 is 0. The third-order valence-electron chi connectivity index (χ3n) is 4.05. The third kappa shape index (κ3) is 2.93. The lowest BCUT2D eigenvalue weighted by Gasteiger charge is -2.16. The Morgan fingerprint density at radius 3 is 1.70 bits per heavy atom. The molecule has 0 aliphatic carbocycles. The molecule has 0 radical (unpaired) electrons. The zero-order valence-electron chi connectivity index (χ0n) is 12.6. The van der Waals surface area contributed by atoms with E-state index in [0.29, 0.717) is 5.66 Å². The van der Waals surface area contributed by atoms with Crippen LogP contribution in [-0.4, -0.2) is 0 Å². The molecule has 0 bridgehead atoms. The summed E-state index contributed by atoms with van der Waals surface area (Å²) in [6.45, 7) is 0. The minimum atomic E-state index is 0.454. The second-order valence-corrected chi connectivity index (χ2v) is 8.21. The molecule has 3 aromatic carbocycles. The quantitative estimate of drug-likeness (QED) is 0.449. The minimum Gasteiger partial charge on any atom is -0.0622 e. The molecule has 1 aliphatic heterocycles. The normalized spacial score (nSPS) is 18.2. The molecule has 4 rings (SSSR count). The highest BCUT2D eigenvalue weighted by atomic mass is 31.7. The lowest BCUT2D eigenvalue weighted by Crippen LogP contribution is -1.95. The van der Waals surface area contributed by atoms with Crippen molar-refractivity contribution >= 4 is 26.6 Å². The van der Waals surface area contributed by atoms with E-state index in [2.05, 4.69) is 91.0 Å². The van der Waals surface area contributed by atoms with Crippen LogP contribution in [0.1, 0.15) is 22.3 Å². The van der Waals surface area contributed by atoms with Crippen LogP contribution in [0.15, 0.2) is 91.0 Å². The van der Waals surface area contributed by atoms with Crippen LogP contribution in [0.25, 0.3) is 10.9 Å². The molecule has 0 saturated heterocycles. The van der Waals surface area contributed by atoms with Crippen molar-refractivity contribution in [3.05, 3.63) is 108 Å². The summed E-state index contributed by atoms with van der Waals surface area (Å²) in [4.78, 5) is 0. The highest BCUT2D eigenvalue weighted by Gasteiger charge is 2.25. The zero-order valence-corrected chi connectivity index (χ0v) is 14.4. The molecule has 110 valence electrons. The van der Waals surface area contributed by atoms with Crippen LogP contribution in [0.4, 0.5) is 0 Å². The molecule has 0 aromatic heterocycles. The Morgan fingerprint density at radius 2 is 1.09 bits per heavy atom. The van der Waals surface area contributed by atoms with E-state index in [1.807, 2.05) is 0 Å². The minimum absolute atomic E-state index is 0.454. The van der Waals surface area contributed by atoms with Crippen molar-refractivity contribution in [2.24, 2.45) is 0 Å². The van der Waals surface area contributed by atoms with Gasteiger partial charge in [0.25, 0.3) is 0 Å². The van der Waals surface area contributed by atoms with Gasteiger partial charge in [0.15, 0.2) is 0 Å². The first-order valence-corrected chi connectivity index (χ1v) is 10.3. The molecule has 3 aromatic rings. The Bertz CT molecular complexity index is 850. The topological polar surface area (TPSA) is 0 Å². The van der Waals surface area contributed by atoms with Gasteiger partial charge >= 0.3 is 0 Å². The van der Waals surface area contributed by atoms with E-state index in [1.54, 1.807) is 0 Å². The Morgan fingerprint density at radius 1 is 0.565 bits per heavy atom. The summed E-state index contributed by atoms with van der Waals surface area (Å²) >= 11 is 0. The molecule has 0 saturated carbocycles. The summed E-state index contributed by atoms with van der Waals surface area (Å²) in [7, 11) is 2.84. The van der Waals surface area contributed by atoms with Gasteiger partial charge in [-0.2, -0.15) is 0 Å². The molecule has 0 nitrogen and oxygen atoms in total. The first-order valence-electron chi connectivity index (χ1n) is 7.74. The van der Waals surface area contributed by atoms with Gasteiger partial charge in [-0.3, -0.25) is 0 Å². The smallest absolute Gasteiger partial charge is 0.0567 e. The SMILES string of the molecule is c1ccc(C2=C(c3ccccc3)C(c3ccccc3)P=P2)cc1. The van der Waals surface area contributed by atoms with Gasteiger partial charge in [0.1, 0.15) is 0 Å². The van der Waals surface area contributed by atoms with Crippen molar-refractivity contribution in [2.45, 2.75) is 5.66 Å². The molecule has 0 spiro atoms. The van der Waals surface area contributed by atoms with Crippen LogP contribution in [0.2, 0.25) is 0 Å². The maximum Gasteiger partial charge on any atom is 0.0567 e. The first-order chi connectivity index (χ1) is 11.4. The fourth-order valence-corrected chi connectivity index (χ4v) is 6.72. The average Bonchev–Trinajstić information content (AvgIpc) is 3.09. The number of benzene rings is 3. The number of rotatable bonds is 3. The van der Waals surface area contributed by atoms with E-state index in [9.17, 15) is 0 Å². The van der Waals surface area contributed by atoms with Gasteiger partial charge in [-0.05, 0) is 30.1 Å². The van der Waals surface area contributed by atoms with Crippen LogP contribution in [0, 0.1) is 0 Å². The number of hydrogen-bond donors (Lipinski definition) is 0. The third-order valence-corrected chi connectivity index (χ3v) is 7.29. The second-order valence-electron chi connectivity index (χ2n) is 5.52. The second kappa shape index (κ2) is 6.63. The van der Waals surface area contributed by atoms with Crippen molar-refractivity contribution in [3.8, 4) is 0 Å². The molecule has 0 N–H and O–H groups in total. The highest BCUT2D eigenvalue weighted by molar-refractivity contribution is 7.91. The van der Waals surface area contributed by atoms with Crippen molar-refractivity contribution in [2.75, 3.05) is 0 Å². The Hall–Kier alpha value is -2.00. The van der Waals surface area contributed by atoms with E-state index in [0.717, 1.165) is 0 Å². The van der Waals surface area contributed by atoms with E-state index in [-0.39, 0.29) is 0 Å². The molecule has 0 fully saturated rings. The largest absolute Gasteiger partial charge is 0.0622 e. The van der Waals surface area contributed by atoms with Crippen molar-refractivity contribution in [1.29, 1.82) is 0 Å². The van der Waals surface area contributed by atoms with Crippen LogP contribution < -0.4 is 0 Å². The van der Waals surface area contributed by atoms with Gasteiger partial charge in [-0.25, -0.2) is 0 Å². The maximum atomic E-state index is 2.25. The Balaban J connectivity index is 1.90. The van der Waals surface area contributed by atoms with Crippen LogP contribution in [0.3, 0.4) is 0 Å². The van der Waals surface area contributed by atoms with Gasteiger partial charge < -0.3 is 0 Å². The highest BCUT2D eigenvalue weighted by Crippen LogP contribution is 2.58. The molecule has 1 heterocycles. The van der Waals surface area contributed by atoms with E-state index < -0.39 is 0 Å². The molecule has 1 aliphatic rings. The molecular formula is C21H16P2. The predicted molar refractivity (Wildman–Crippen MR) is 103 cm³/mol. The Kier molecular flexibility index (Phi) is 4.20. The molecule has 2 heteroatoms. The summed E-state index contributed by atoms with van der Waals surface area (Å²) in [6, 6.07) is 32.6. The monoisotopic (exact) mass is 330 g/mol. The van der Waals surface area contributed by atoms with Gasteiger partial charge in [-0.15, -0.1) is 0 Å². The van der Waals surface area contributed by atoms with E-state index in [1.165, 1.54) is 43.3 Å². The van der Waals surface area contributed by atoms with E-state index >= 15 is 0 Å². The molecule has 1 unspecified atom stereocenters. The predicted octanol–water partition coefficient (Wildman–Crippen LogP) is 7.12. The fourth-order valence-electron chi connectivity index (χ4n) is 2.95. The van der Waals surface area contributed by atoms with Crippen molar-refractivity contribution in [3.63, 3.8) is 0 Å². The molecule has 1 atom stereocenters. The van der Waals surface area contributed by atoms with Crippen LogP contribution >= 0.6 is 15.7 Å². The summed E-state index contributed by atoms with van der Waals surface area (Å²) in [5, 5.41) is 1.47. The fraction of sp³-hybridized carbons (Fsp3) is 0.0476. The first kappa shape index (κ1) is 14.6. The van der Waals surface area contributed by atoms with Crippen molar-refractivity contribution < 1.29 is 0 Å². The van der Waals surface area contributed by atoms with Crippen LogP contribution in [0.5, 0.6) is 0 Å². The molecular weight excluding hydrogens is 314 g/mol. The van der Waals surface area contributed by atoms with E-state index in [4.69, 9.17) is 0 Å². The lowest BCUT2D eigenvalue weighted by atomic mass is 9.95. The van der Waals surface area contributed by atoms with Gasteiger partial charge in [-0.1, -0.05) is 98.9 Å². The molecule has 0 amide bonds.